The zero-order valence-electron chi connectivity index (χ0n) is 26.4. The Kier molecular flexibility index (Phi) is 8.05. The molecule has 0 saturated carbocycles. The number of hydrogen-bond donors (Lipinski definition) is 2. The Hall–Kier alpha value is -5.42. The molecule has 2 N–H and O–H groups in total. The standard InChI is InChI=1S/C32H27ClF3N9O5/c1-16-26(47)24(39-15-38-16)29(49)43-11-7-31(8-12-43)23-25(17(2)50-31)44(14-22(46)40-21-4-3-19(13-20(21)33)32(34,35)36)30-41-27(42-45(30)28(23)48)18-5-9-37-10-6-18/h3-6,9-10,13,15,17,47H,7-8,11-12,14H2,1-2H3,(H,40,46)/t17-/m1/s1. The van der Waals surface area contributed by atoms with Gasteiger partial charge in [0.25, 0.3) is 11.5 Å². The third-order valence-electron chi connectivity index (χ3n) is 8.90. The predicted octanol–water partition coefficient (Wildman–Crippen LogP) is 4.29. The topological polar surface area (TPSA) is 170 Å². The van der Waals surface area contributed by atoms with Gasteiger partial charge in [0.15, 0.2) is 17.3 Å². The van der Waals surface area contributed by atoms with Crippen molar-refractivity contribution in [1.29, 1.82) is 0 Å². The Morgan fingerprint density at radius 3 is 2.54 bits per heavy atom. The second-order valence-electron chi connectivity index (χ2n) is 12.0. The van der Waals surface area contributed by atoms with Gasteiger partial charge >= 0.3 is 6.18 Å². The van der Waals surface area contributed by atoms with Gasteiger partial charge in [-0.25, -0.2) is 9.97 Å². The fourth-order valence-electron chi connectivity index (χ4n) is 6.49. The number of hydrogen-bond acceptors (Lipinski definition) is 10. The molecule has 2 aliphatic rings. The summed E-state index contributed by atoms with van der Waals surface area (Å²) >= 11 is 6.11. The summed E-state index contributed by atoms with van der Waals surface area (Å²) in [6.07, 6.45) is -0.683. The average Bonchev–Trinajstić information content (AvgIpc) is 3.65. The minimum absolute atomic E-state index is 0.0314. The normalized spacial score (nSPS) is 16.9. The van der Waals surface area contributed by atoms with Crippen molar-refractivity contribution in [3.05, 3.63) is 92.6 Å². The molecule has 0 unspecified atom stereocenters. The number of aryl methyl sites for hydroxylation is 1. The first-order chi connectivity index (χ1) is 23.8. The maximum atomic E-state index is 14.3. The van der Waals surface area contributed by atoms with Gasteiger partial charge in [-0.2, -0.15) is 22.7 Å². The molecule has 0 aliphatic carbocycles. The van der Waals surface area contributed by atoms with E-state index in [4.69, 9.17) is 16.3 Å². The number of likely N-dealkylation sites (tertiary alicyclic amines) is 1. The quantitative estimate of drug-likeness (QED) is 0.268. The molecule has 1 atom stereocenters. The second kappa shape index (κ2) is 12.2. The smallest absolute Gasteiger partial charge is 0.416 e. The molecule has 2 amide bonds. The molecule has 1 fully saturated rings. The van der Waals surface area contributed by atoms with Gasteiger partial charge in [0, 0.05) is 31.0 Å². The van der Waals surface area contributed by atoms with E-state index in [-0.39, 0.29) is 70.9 Å². The molecular weight excluding hydrogens is 683 g/mol. The minimum atomic E-state index is -4.62. The molecule has 6 heterocycles. The molecule has 1 spiro atoms. The fourth-order valence-corrected chi connectivity index (χ4v) is 6.72. The Morgan fingerprint density at radius 1 is 1.14 bits per heavy atom. The van der Waals surface area contributed by atoms with Gasteiger partial charge < -0.3 is 24.6 Å². The van der Waals surface area contributed by atoms with Gasteiger partial charge in [-0.3, -0.25) is 19.4 Å². The number of ether oxygens (including phenoxy) is 1. The number of pyridine rings is 1. The van der Waals surface area contributed by atoms with Crippen molar-refractivity contribution in [2.24, 2.45) is 0 Å². The highest BCUT2D eigenvalue weighted by Gasteiger charge is 2.50. The van der Waals surface area contributed by atoms with Crippen LogP contribution < -0.4 is 10.9 Å². The van der Waals surface area contributed by atoms with E-state index in [2.05, 4.69) is 30.4 Å². The van der Waals surface area contributed by atoms with E-state index in [0.717, 1.165) is 22.7 Å². The minimum Gasteiger partial charge on any atom is -0.504 e. The number of carbonyl (C=O) groups excluding carboxylic acids is 2. The van der Waals surface area contributed by atoms with Crippen molar-refractivity contribution in [1.82, 2.24) is 39.0 Å². The Bertz CT molecular complexity index is 2230. The van der Waals surface area contributed by atoms with Gasteiger partial charge in [0.1, 0.15) is 18.5 Å². The lowest BCUT2D eigenvalue weighted by Crippen LogP contribution is -2.47. The molecule has 1 aromatic carbocycles. The van der Waals surface area contributed by atoms with Crippen LogP contribution in [0.25, 0.3) is 17.2 Å². The van der Waals surface area contributed by atoms with Crippen molar-refractivity contribution >= 4 is 34.9 Å². The number of halogens is 4. The Balaban J connectivity index is 1.27. The largest absolute Gasteiger partial charge is 0.504 e. The highest BCUT2D eigenvalue weighted by molar-refractivity contribution is 6.33. The van der Waals surface area contributed by atoms with Gasteiger partial charge in [-0.15, -0.1) is 5.10 Å². The van der Waals surface area contributed by atoms with Crippen molar-refractivity contribution in [2.45, 2.75) is 51.1 Å². The van der Waals surface area contributed by atoms with Crippen LogP contribution in [0.2, 0.25) is 5.02 Å². The number of carbonyl (C=O) groups is 2. The first-order valence-electron chi connectivity index (χ1n) is 15.4. The average molecular weight is 710 g/mol. The number of aromatic hydroxyl groups is 1. The summed E-state index contributed by atoms with van der Waals surface area (Å²) in [6, 6.07) is 5.91. The summed E-state index contributed by atoms with van der Waals surface area (Å²) in [5.41, 5.74) is -1.40. The van der Waals surface area contributed by atoms with Crippen LogP contribution in [0.3, 0.4) is 0 Å². The highest BCUT2D eigenvalue weighted by Crippen LogP contribution is 2.48. The SMILES string of the molecule is Cc1ncnc(C(=O)N2CCC3(CC2)O[C@H](C)c2c3c(=O)n3nc(-c4ccncc4)nc3n2CC(=O)Nc2ccc(C(F)(F)F)cc2Cl)c1O. The monoisotopic (exact) mass is 709 g/mol. The van der Waals surface area contributed by atoms with E-state index >= 15 is 0 Å². The van der Waals surface area contributed by atoms with Crippen molar-refractivity contribution in [3.8, 4) is 17.1 Å². The zero-order chi connectivity index (χ0) is 35.5. The van der Waals surface area contributed by atoms with Crippen molar-refractivity contribution in [3.63, 3.8) is 0 Å². The highest BCUT2D eigenvalue weighted by atomic mass is 35.5. The lowest BCUT2D eigenvalue weighted by atomic mass is 9.85. The molecule has 1 saturated heterocycles. The van der Waals surface area contributed by atoms with Gasteiger partial charge in [0.05, 0.1) is 39.3 Å². The van der Waals surface area contributed by atoms with Crippen LogP contribution in [0.4, 0.5) is 18.9 Å². The van der Waals surface area contributed by atoms with E-state index in [1.807, 2.05) is 0 Å². The van der Waals surface area contributed by atoms with Crippen LogP contribution >= 0.6 is 11.6 Å². The summed E-state index contributed by atoms with van der Waals surface area (Å²) in [7, 11) is 0. The van der Waals surface area contributed by atoms with E-state index < -0.39 is 47.4 Å². The molecule has 2 aliphatic heterocycles. The molecule has 0 bridgehead atoms. The van der Waals surface area contributed by atoms with Crippen LogP contribution in [0, 0.1) is 6.92 Å². The number of piperidine rings is 1. The summed E-state index contributed by atoms with van der Waals surface area (Å²) in [6.45, 7) is 3.15. The number of fused-ring (bicyclic) bond motifs is 3. The van der Waals surface area contributed by atoms with Gasteiger partial charge in [-0.1, -0.05) is 11.6 Å². The summed E-state index contributed by atoms with van der Waals surface area (Å²) < 4.78 is 48.7. The van der Waals surface area contributed by atoms with E-state index in [1.54, 1.807) is 26.0 Å². The van der Waals surface area contributed by atoms with Crippen LogP contribution in [-0.4, -0.2) is 69.0 Å². The molecule has 50 heavy (non-hydrogen) atoms. The van der Waals surface area contributed by atoms with Crippen molar-refractivity contribution in [2.75, 3.05) is 18.4 Å². The second-order valence-corrected chi connectivity index (χ2v) is 12.4. The number of nitrogens with zero attached hydrogens (tertiary/aromatic N) is 8. The van der Waals surface area contributed by atoms with Crippen LogP contribution in [0.15, 0.2) is 53.8 Å². The molecule has 18 heteroatoms. The van der Waals surface area contributed by atoms with Crippen LogP contribution in [-0.2, 0) is 27.9 Å². The number of amides is 2. The molecule has 258 valence electrons. The number of aromatic nitrogens is 7. The number of rotatable bonds is 5. The third kappa shape index (κ3) is 5.61. The molecule has 5 aromatic rings. The van der Waals surface area contributed by atoms with E-state index in [9.17, 15) is 32.7 Å². The van der Waals surface area contributed by atoms with Gasteiger partial charge in [-0.05, 0) is 57.0 Å². The van der Waals surface area contributed by atoms with Crippen LogP contribution in [0.5, 0.6) is 5.75 Å². The third-order valence-corrected chi connectivity index (χ3v) is 9.22. The fraction of sp³-hybridized carbons (Fsp3) is 0.312. The lowest BCUT2D eigenvalue weighted by Gasteiger charge is -2.39. The number of benzene rings is 1. The summed E-state index contributed by atoms with van der Waals surface area (Å²) in [5.74, 6) is -1.26. The lowest BCUT2D eigenvalue weighted by molar-refractivity contribution is -0.137. The van der Waals surface area contributed by atoms with Crippen molar-refractivity contribution < 1.29 is 32.6 Å². The molecular formula is C32H27ClF3N9O5. The number of anilines is 1. The zero-order valence-corrected chi connectivity index (χ0v) is 27.2. The summed E-state index contributed by atoms with van der Waals surface area (Å²) in [4.78, 5) is 59.1. The predicted molar refractivity (Wildman–Crippen MR) is 170 cm³/mol. The molecule has 7 rings (SSSR count). The Labute approximate surface area is 285 Å². The maximum absolute atomic E-state index is 14.3. The van der Waals surface area contributed by atoms with Crippen LogP contribution in [0.1, 0.15) is 58.9 Å². The maximum Gasteiger partial charge on any atom is 0.416 e. The van der Waals surface area contributed by atoms with Gasteiger partial charge in [0.2, 0.25) is 11.7 Å². The number of nitrogens with one attached hydrogen (secondary N) is 1. The Morgan fingerprint density at radius 2 is 1.86 bits per heavy atom. The van der Waals surface area contributed by atoms with E-state index in [1.165, 1.54) is 28.2 Å². The number of alkyl halides is 3. The van der Waals surface area contributed by atoms with E-state index in [0.29, 0.717) is 11.3 Å². The first kappa shape index (κ1) is 33.1. The summed E-state index contributed by atoms with van der Waals surface area (Å²) in [5, 5.41) is 17.1. The molecule has 14 nitrogen and oxygen atoms in total. The molecule has 4 aromatic heterocycles. The molecule has 0 radical (unpaired) electrons. The first-order valence-corrected chi connectivity index (χ1v) is 15.7.